The van der Waals surface area contributed by atoms with Crippen molar-refractivity contribution in [2.75, 3.05) is 20.3 Å². The Kier molecular flexibility index (Phi) is 6.22. The third kappa shape index (κ3) is 4.88. The van der Waals surface area contributed by atoms with Crippen LogP contribution in [0.2, 0.25) is 0 Å². The average molecular weight is 239 g/mol. The fourth-order valence-electron chi connectivity index (χ4n) is 1.66. The van der Waals surface area contributed by atoms with Gasteiger partial charge in [0, 0.05) is 38.0 Å². The zero-order valence-electron chi connectivity index (χ0n) is 11.5. The second kappa shape index (κ2) is 7.45. The van der Waals surface area contributed by atoms with Crippen LogP contribution in [0.3, 0.4) is 0 Å². The van der Waals surface area contributed by atoms with E-state index in [1.165, 1.54) is 17.7 Å². The molecule has 0 aliphatic carbocycles. The molecule has 0 amide bonds. The lowest BCUT2D eigenvalue weighted by atomic mass is 10.1. The van der Waals surface area contributed by atoms with Gasteiger partial charge in [0.05, 0.1) is 12.8 Å². The molecule has 0 aliphatic heterocycles. The lowest BCUT2D eigenvalue weighted by Gasteiger charge is -2.08. The standard InChI is InChI=1S/C13H25N3O/c1-11(2)5-7-16-12(3)13(10-15-16)9-14-6-8-17-4/h10-11,14H,5-9H2,1-4H3. The second-order valence-corrected chi connectivity index (χ2v) is 4.83. The number of aromatic nitrogens is 2. The molecule has 0 saturated carbocycles. The van der Waals surface area contributed by atoms with Crippen molar-refractivity contribution in [3.8, 4) is 0 Å². The number of hydrogen-bond acceptors (Lipinski definition) is 3. The van der Waals surface area contributed by atoms with E-state index in [4.69, 9.17) is 4.74 Å². The monoisotopic (exact) mass is 239 g/mol. The smallest absolute Gasteiger partial charge is 0.0587 e. The number of rotatable bonds is 8. The van der Waals surface area contributed by atoms with Crippen LogP contribution < -0.4 is 5.32 Å². The van der Waals surface area contributed by atoms with E-state index >= 15 is 0 Å². The molecule has 1 rings (SSSR count). The number of nitrogens with one attached hydrogen (secondary N) is 1. The lowest BCUT2D eigenvalue weighted by molar-refractivity contribution is 0.199. The zero-order chi connectivity index (χ0) is 12.7. The van der Waals surface area contributed by atoms with Gasteiger partial charge in [-0.05, 0) is 19.3 Å². The van der Waals surface area contributed by atoms with Gasteiger partial charge in [-0.15, -0.1) is 0 Å². The molecule has 0 fully saturated rings. The number of methoxy groups -OCH3 is 1. The Hall–Kier alpha value is -0.870. The summed E-state index contributed by atoms with van der Waals surface area (Å²) in [7, 11) is 1.72. The Bertz CT molecular complexity index is 320. The fraction of sp³-hybridized carbons (Fsp3) is 0.769. The van der Waals surface area contributed by atoms with Crippen LogP contribution in [-0.4, -0.2) is 30.0 Å². The molecule has 1 aromatic rings. The Morgan fingerprint density at radius 2 is 2.24 bits per heavy atom. The Labute approximate surface area is 104 Å². The summed E-state index contributed by atoms with van der Waals surface area (Å²) in [5.41, 5.74) is 2.56. The van der Waals surface area contributed by atoms with Crippen molar-refractivity contribution in [2.45, 2.75) is 40.3 Å². The highest BCUT2D eigenvalue weighted by atomic mass is 16.5. The molecule has 0 radical (unpaired) electrons. The molecular formula is C13H25N3O. The highest BCUT2D eigenvalue weighted by Gasteiger charge is 2.06. The van der Waals surface area contributed by atoms with E-state index in [-0.39, 0.29) is 0 Å². The first-order valence-electron chi connectivity index (χ1n) is 6.36. The summed E-state index contributed by atoms with van der Waals surface area (Å²) in [6.45, 7) is 10.1. The zero-order valence-corrected chi connectivity index (χ0v) is 11.5. The topological polar surface area (TPSA) is 39.1 Å². The number of ether oxygens (including phenoxy) is 1. The summed E-state index contributed by atoms with van der Waals surface area (Å²) in [5, 5.41) is 7.78. The number of hydrogen-bond donors (Lipinski definition) is 1. The van der Waals surface area contributed by atoms with Gasteiger partial charge in [0.1, 0.15) is 0 Å². The lowest BCUT2D eigenvalue weighted by Crippen LogP contribution is -2.19. The van der Waals surface area contributed by atoms with Crippen LogP contribution in [0.1, 0.15) is 31.5 Å². The largest absolute Gasteiger partial charge is 0.383 e. The van der Waals surface area contributed by atoms with Crippen molar-refractivity contribution in [1.82, 2.24) is 15.1 Å². The van der Waals surface area contributed by atoms with Gasteiger partial charge in [-0.3, -0.25) is 4.68 Å². The molecule has 0 saturated heterocycles. The third-order valence-corrected chi connectivity index (χ3v) is 2.92. The van der Waals surface area contributed by atoms with Crippen molar-refractivity contribution >= 4 is 0 Å². The highest BCUT2D eigenvalue weighted by Crippen LogP contribution is 2.09. The molecule has 0 aliphatic rings. The maximum Gasteiger partial charge on any atom is 0.0587 e. The predicted octanol–water partition coefficient (Wildman–Crippen LogP) is 1.97. The summed E-state index contributed by atoms with van der Waals surface area (Å²) in [6, 6.07) is 0. The van der Waals surface area contributed by atoms with E-state index in [1.54, 1.807) is 7.11 Å². The molecular weight excluding hydrogens is 214 g/mol. The number of aryl methyl sites for hydroxylation is 1. The maximum absolute atomic E-state index is 5.00. The van der Waals surface area contributed by atoms with Crippen LogP contribution in [0.25, 0.3) is 0 Å². The third-order valence-electron chi connectivity index (χ3n) is 2.92. The molecule has 98 valence electrons. The summed E-state index contributed by atoms with van der Waals surface area (Å²) < 4.78 is 7.10. The van der Waals surface area contributed by atoms with Gasteiger partial charge in [0.15, 0.2) is 0 Å². The van der Waals surface area contributed by atoms with Gasteiger partial charge in [-0.2, -0.15) is 5.10 Å². The van der Waals surface area contributed by atoms with Gasteiger partial charge in [0.2, 0.25) is 0 Å². The van der Waals surface area contributed by atoms with Crippen LogP contribution in [0, 0.1) is 12.8 Å². The first-order chi connectivity index (χ1) is 8.15. The summed E-state index contributed by atoms with van der Waals surface area (Å²) in [5.74, 6) is 0.724. The predicted molar refractivity (Wildman–Crippen MR) is 70.0 cm³/mol. The maximum atomic E-state index is 5.00. The normalized spacial score (nSPS) is 11.4. The Balaban J connectivity index is 2.40. The van der Waals surface area contributed by atoms with Crippen LogP contribution in [0.4, 0.5) is 0 Å². The Morgan fingerprint density at radius 3 is 2.88 bits per heavy atom. The van der Waals surface area contributed by atoms with Crippen molar-refractivity contribution in [3.63, 3.8) is 0 Å². The molecule has 4 heteroatoms. The summed E-state index contributed by atoms with van der Waals surface area (Å²) >= 11 is 0. The number of nitrogens with zero attached hydrogens (tertiary/aromatic N) is 2. The van der Waals surface area contributed by atoms with E-state index in [1.807, 2.05) is 6.20 Å². The molecule has 1 aromatic heterocycles. The van der Waals surface area contributed by atoms with E-state index in [0.717, 1.165) is 32.2 Å². The fourth-order valence-corrected chi connectivity index (χ4v) is 1.66. The van der Waals surface area contributed by atoms with E-state index < -0.39 is 0 Å². The van der Waals surface area contributed by atoms with E-state index in [0.29, 0.717) is 0 Å². The van der Waals surface area contributed by atoms with Crippen LogP contribution >= 0.6 is 0 Å². The van der Waals surface area contributed by atoms with Crippen LogP contribution in [0.5, 0.6) is 0 Å². The molecule has 4 nitrogen and oxygen atoms in total. The van der Waals surface area contributed by atoms with Crippen molar-refractivity contribution in [1.29, 1.82) is 0 Å². The van der Waals surface area contributed by atoms with Gasteiger partial charge in [-0.1, -0.05) is 13.8 Å². The first kappa shape index (κ1) is 14.2. The molecule has 0 bridgehead atoms. The van der Waals surface area contributed by atoms with Gasteiger partial charge < -0.3 is 10.1 Å². The minimum Gasteiger partial charge on any atom is -0.383 e. The molecule has 0 atom stereocenters. The second-order valence-electron chi connectivity index (χ2n) is 4.83. The minimum atomic E-state index is 0.724. The van der Waals surface area contributed by atoms with Crippen molar-refractivity contribution < 1.29 is 4.74 Å². The summed E-state index contributed by atoms with van der Waals surface area (Å²) in [6.07, 6.45) is 3.15. The molecule has 0 aromatic carbocycles. The van der Waals surface area contributed by atoms with Crippen molar-refractivity contribution in [3.05, 3.63) is 17.5 Å². The van der Waals surface area contributed by atoms with Gasteiger partial charge in [0.25, 0.3) is 0 Å². The van der Waals surface area contributed by atoms with Gasteiger partial charge >= 0.3 is 0 Å². The Morgan fingerprint density at radius 1 is 1.47 bits per heavy atom. The van der Waals surface area contributed by atoms with E-state index in [2.05, 4.69) is 35.9 Å². The van der Waals surface area contributed by atoms with Crippen LogP contribution in [-0.2, 0) is 17.8 Å². The van der Waals surface area contributed by atoms with Crippen molar-refractivity contribution in [2.24, 2.45) is 5.92 Å². The molecule has 0 spiro atoms. The van der Waals surface area contributed by atoms with E-state index in [9.17, 15) is 0 Å². The quantitative estimate of drug-likeness (QED) is 0.705. The highest BCUT2D eigenvalue weighted by molar-refractivity contribution is 5.15. The van der Waals surface area contributed by atoms with Crippen LogP contribution in [0.15, 0.2) is 6.20 Å². The average Bonchev–Trinajstić information content (AvgIpc) is 2.63. The molecule has 17 heavy (non-hydrogen) atoms. The SMILES string of the molecule is COCCNCc1cnn(CCC(C)C)c1C. The minimum absolute atomic E-state index is 0.724. The molecule has 0 unspecified atom stereocenters. The first-order valence-corrected chi connectivity index (χ1v) is 6.36. The molecule has 1 heterocycles. The summed E-state index contributed by atoms with van der Waals surface area (Å²) in [4.78, 5) is 0. The molecule has 1 N–H and O–H groups in total. The van der Waals surface area contributed by atoms with Gasteiger partial charge in [-0.25, -0.2) is 0 Å².